The minimum absolute atomic E-state index is 0.131. The summed E-state index contributed by atoms with van der Waals surface area (Å²) in [5, 5.41) is 0. The van der Waals surface area contributed by atoms with Crippen LogP contribution in [0.2, 0.25) is 0 Å². The fourth-order valence-corrected chi connectivity index (χ4v) is 4.11. The lowest BCUT2D eigenvalue weighted by atomic mass is 9.83. The SMILES string of the molecule is COc1cc(CC(=O)N2CCN(C)C3(CCN(C)CC3)C2)cc(OC)c1. The van der Waals surface area contributed by atoms with Gasteiger partial charge in [0.05, 0.1) is 20.6 Å². The standard InChI is InChI=1S/C20H31N3O3/c1-21-7-5-20(6-8-21)15-23(10-9-22(20)2)19(24)13-16-11-17(25-3)14-18(12-16)26-4/h11-12,14H,5-10,13,15H2,1-4H3. The number of piperazine rings is 1. The van der Waals surface area contributed by atoms with Crippen LogP contribution in [0.4, 0.5) is 0 Å². The van der Waals surface area contributed by atoms with E-state index in [4.69, 9.17) is 9.47 Å². The predicted octanol–water partition coefficient (Wildman–Crippen LogP) is 1.48. The zero-order chi connectivity index (χ0) is 18.7. The molecule has 0 aliphatic carbocycles. The van der Waals surface area contributed by atoms with Crippen LogP contribution in [0, 0.1) is 0 Å². The Hall–Kier alpha value is -1.79. The van der Waals surface area contributed by atoms with Crippen molar-refractivity contribution in [1.29, 1.82) is 0 Å². The number of likely N-dealkylation sites (tertiary alicyclic amines) is 1. The van der Waals surface area contributed by atoms with Gasteiger partial charge in [0.1, 0.15) is 11.5 Å². The molecule has 2 aliphatic heterocycles. The number of methoxy groups -OCH3 is 2. The molecule has 2 aliphatic rings. The molecule has 6 nitrogen and oxygen atoms in total. The predicted molar refractivity (Wildman–Crippen MR) is 102 cm³/mol. The van der Waals surface area contributed by atoms with Crippen LogP contribution in [0.5, 0.6) is 11.5 Å². The number of amides is 1. The first-order chi connectivity index (χ1) is 12.5. The minimum atomic E-state index is 0.131. The maximum atomic E-state index is 13.0. The number of ether oxygens (including phenoxy) is 2. The molecule has 2 saturated heterocycles. The van der Waals surface area contributed by atoms with Gasteiger partial charge in [0.2, 0.25) is 5.91 Å². The molecule has 0 atom stereocenters. The number of piperidine rings is 1. The van der Waals surface area contributed by atoms with Crippen LogP contribution < -0.4 is 9.47 Å². The molecule has 1 spiro atoms. The highest BCUT2D eigenvalue weighted by Gasteiger charge is 2.42. The molecule has 0 radical (unpaired) electrons. The minimum Gasteiger partial charge on any atom is -0.497 e. The van der Waals surface area contributed by atoms with Crippen LogP contribution in [-0.2, 0) is 11.2 Å². The Bertz CT molecular complexity index is 619. The highest BCUT2D eigenvalue weighted by Crippen LogP contribution is 2.31. The molecule has 1 aromatic rings. The molecule has 3 rings (SSSR count). The Morgan fingerprint density at radius 2 is 1.62 bits per heavy atom. The lowest BCUT2D eigenvalue weighted by Gasteiger charge is -2.52. The van der Waals surface area contributed by atoms with Crippen molar-refractivity contribution in [3.05, 3.63) is 23.8 Å². The monoisotopic (exact) mass is 361 g/mol. The number of hydrogen-bond donors (Lipinski definition) is 0. The Balaban J connectivity index is 1.70. The van der Waals surface area contributed by atoms with Crippen molar-refractivity contribution in [3.8, 4) is 11.5 Å². The average Bonchev–Trinajstić information content (AvgIpc) is 2.65. The maximum Gasteiger partial charge on any atom is 0.227 e. The Morgan fingerprint density at radius 1 is 1.00 bits per heavy atom. The third kappa shape index (κ3) is 3.96. The van der Waals surface area contributed by atoms with Crippen LogP contribution in [0.1, 0.15) is 18.4 Å². The molecule has 0 unspecified atom stereocenters. The number of hydrogen-bond acceptors (Lipinski definition) is 5. The van der Waals surface area contributed by atoms with E-state index in [-0.39, 0.29) is 11.4 Å². The van der Waals surface area contributed by atoms with Gasteiger partial charge >= 0.3 is 0 Å². The fourth-order valence-electron chi connectivity index (χ4n) is 4.11. The van der Waals surface area contributed by atoms with E-state index in [1.807, 2.05) is 18.2 Å². The second kappa shape index (κ2) is 7.84. The van der Waals surface area contributed by atoms with Gasteiger partial charge in [-0.25, -0.2) is 0 Å². The summed E-state index contributed by atoms with van der Waals surface area (Å²) in [5.41, 5.74) is 1.06. The summed E-state index contributed by atoms with van der Waals surface area (Å²) in [7, 11) is 7.64. The quantitative estimate of drug-likeness (QED) is 0.813. The first kappa shape index (κ1) is 19.0. The number of carbonyl (C=O) groups is 1. The Labute approximate surface area is 156 Å². The number of nitrogens with zero attached hydrogens (tertiary/aromatic N) is 3. The van der Waals surface area contributed by atoms with Crippen molar-refractivity contribution >= 4 is 5.91 Å². The smallest absolute Gasteiger partial charge is 0.227 e. The van der Waals surface area contributed by atoms with E-state index in [2.05, 4.69) is 28.8 Å². The Morgan fingerprint density at radius 3 is 2.19 bits per heavy atom. The third-order valence-electron chi connectivity index (χ3n) is 6.04. The lowest BCUT2D eigenvalue weighted by molar-refractivity contribution is -0.137. The molecule has 0 saturated carbocycles. The number of benzene rings is 1. The van der Waals surface area contributed by atoms with E-state index in [9.17, 15) is 4.79 Å². The van der Waals surface area contributed by atoms with Crippen LogP contribution >= 0.6 is 0 Å². The highest BCUT2D eigenvalue weighted by molar-refractivity contribution is 5.79. The molecule has 26 heavy (non-hydrogen) atoms. The van der Waals surface area contributed by atoms with Gasteiger partial charge in [0.25, 0.3) is 0 Å². The first-order valence-corrected chi connectivity index (χ1v) is 9.35. The van der Waals surface area contributed by atoms with Crippen molar-refractivity contribution in [2.24, 2.45) is 0 Å². The van der Waals surface area contributed by atoms with Gasteiger partial charge < -0.3 is 19.3 Å². The van der Waals surface area contributed by atoms with Crippen LogP contribution in [0.3, 0.4) is 0 Å². The van der Waals surface area contributed by atoms with Crippen molar-refractivity contribution in [2.75, 3.05) is 61.0 Å². The Kier molecular flexibility index (Phi) is 5.73. The molecule has 2 fully saturated rings. The topological polar surface area (TPSA) is 45.2 Å². The molecule has 0 aromatic heterocycles. The normalized spacial score (nSPS) is 21.0. The van der Waals surface area contributed by atoms with E-state index >= 15 is 0 Å². The third-order valence-corrected chi connectivity index (χ3v) is 6.04. The average molecular weight is 361 g/mol. The van der Waals surface area contributed by atoms with E-state index in [0.717, 1.165) is 62.6 Å². The molecule has 0 N–H and O–H groups in total. The van der Waals surface area contributed by atoms with E-state index < -0.39 is 0 Å². The van der Waals surface area contributed by atoms with Gasteiger partial charge in [-0.2, -0.15) is 0 Å². The molecule has 1 aromatic carbocycles. The molecular weight excluding hydrogens is 330 g/mol. The molecule has 0 bridgehead atoms. The van der Waals surface area contributed by atoms with E-state index in [1.54, 1.807) is 14.2 Å². The van der Waals surface area contributed by atoms with E-state index in [0.29, 0.717) is 6.42 Å². The zero-order valence-corrected chi connectivity index (χ0v) is 16.5. The molecule has 1 amide bonds. The van der Waals surface area contributed by atoms with Gasteiger partial charge in [-0.05, 0) is 57.7 Å². The summed E-state index contributed by atoms with van der Waals surface area (Å²) in [5.74, 6) is 1.63. The van der Waals surface area contributed by atoms with Gasteiger partial charge in [-0.3, -0.25) is 9.69 Å². The molecule has 144 valence electrons. The summed E-state index contributed by atoms with van der Waals surface area (Å²) < 4.78 is 10.6. The van der Waals surface area contributed by atoms with Crippen molar-refractivity contribution in [1.82, 2.24) is 14.7 Å². The molecular formula is C20H31N3O3. The van der Waals surface area contributed by atoms with Crippen molar-refractivity contribution in [3.63, 3.8) is 0 Å². The summed E-state index contributed by atoms with van der Waals surface area (Å²) in [6.45, 7) is 4.76. The number of carbonyl (C=O) groups excluding carboxylic acids is 1. The van der Waals surface area contributed by atoms with Crippen LogP contribution in [0.25, 0.3) is 0 Å². The zero-order valence-electron chi connectivity index (χ0n) is 16.5. The lowest BCUT2D eigenvalue weighted by Crippen LogP contribution is -2.65. The van der Waals surface area contributed by atoms with Gasteiger partial charge in [-0.15, -0.1) is 0 Å². The summed E-state index contributed by atoms with van der Waals surface area (Å²) in [6, 6.07) is 5.67. The van der Waals surface area contributed by atoms with E-state index in [1.165, 1.54) is 0 Å². The number of rotatable bonds is 4. The van der Waals surface area contributed by atoms with Gasteiger partial charge in [0, 0.05) is 31.2 Å². The van der Waals surface area contributed by atoms with Crippen molar-refractivity contribution in [2.45, 2.75) is 24.8 Å². The molecule has 6 heteroatoms. The van der Waals surface area contributed by atoms with Gasteiger partial charge in [0.15, 0.2) is 0 Å². The maximum absolute atomic E-state index is 13.0. The highest BCUT2D eigenvalue weighted by atomic mass is 16.5. The van der Waals surface area contributed by atoms with Crippen LogP contribution in [0.15, 0.2) is 18.2 Å². The van der Waals surface area contributed by atoms with Crippen LogP contribution in [-0.4, -0.2) is 87.2 Å². The second-order valence-corrected chi connectivity index (χ2v) is 7.66. The summed E-state index contributed by atoms with van der Waals surface area (Å²) in [6.07, 6.45) is 2.63. The van der Waals surface area contributed by atoms with Gasteiger partial charge in [-0.1, -0.05) is 0 Å². The second-order valence-electron chi connectivity index (χ2n) is 7.66. The summed E-state index contributed by atoms with van der Waals surface area (Å²) in [4.78, 5) is 19.9. The first-order valence-electron chi connectivity index (χ1n) is 9.35. The largest absolute Gasteiger partial charge is 0.497 e. The fraction of sp³-hybridized carbons (Fsp3) is 0.650. The summed E-state index contributed by atoms with van der Waals surface area (Å²) >= 11 is 0. The van der Waals surface area contributed by atoms with Crippen molar-refractivity contribution < 1.29 is 14.3 Å². The molecule has 2 heterocycles. The number of likely N-dealkylation sites (N-methyl/N-ethyl adjacent to an activating group) is 1.